The molecule has 2 aromatic rings. The number of rotatable bonds is 5. The molecule has 0 N–H and O–H groups in total. The van der Waals surface area contributed by atoms with Crippen molar-refractivity contribution in [2.75, 3.05) is 27.3 Å². The highest BCUT2D eigenvalue weighted by Gasteiger charge is 2.21. The van der Waals surface area contributed by atoms with E-state index >= 15 is 0 Å². The van der Waals surface area contributed by atoms with Crippen LogP contribution >= 0.6 is 0 Å². The molecule has 1 amide bonds. The predicted molar refractivity (Wildman–Crippen MR) is 90.7 cm³/mol. The summed E-state index contributed by atoms with van der Waals surface area (Å²) >= 11 is 0. The van der Waals surface area contributed by atoms with Gasteiger partial charge in [-0.25, -0.2) is 4.68 Å². The molecule has 1 aliphatic heterocycles. The van der Waals surface area contributed by atoms with E-state index < -0.39 is 0 Å². The van der Waals surface area contributed by atoms with E-state index in [4.69, 9.17) is 9.47 Å². The van der Waals surface area contributed by atoms with Gasteiger partial charge in [-0.2, -0.15) is 5.10 Å². The normalized spacial score (nSPS) is 17.5. The first-order chi connectivity index (χ1) is 11.7. The second-order valence-electron chi connectivity index (χ2n) is 6.02. The van der Waals surface area contributed by atoms with Crippen molar-refractivity contribution in [2.24, 2.45) is 0 Å². The van der Waals surface area contributed by atoms with E-state index in [0.29, 0.717) is 12.2 Å². The minimum absolute atomic E-state index is 0.0866. The summed E-state index contributed by atoms with van der Waals surface area (Å²) in [5.41, 5.74) is 1.32. The summed E-state index contributed by atoms with van der Waals surface area (Å²) in [5.74, 6) is 0.700. The van der Waals surface area contributed by atoms with Gasteiger partial charge in [0.2, 0.25) is 0 Å². The number of carbonyl (C=O) groups is 1. The van der Waals surface area contributed by atoms with Gasteiger partial charge in [0.1, 0.15) is 5.75 Å². The summed E-state index contributed by atoms with van der Waals surface area (Å²) in [6.45, 7) is 1.40. The lowest BCUT2D eigenvalue weighted by Gasteiger charge is -2.27. The molecule has 1 aliphatic rings. The van der Waals surface area contributed by atoms with Crippen molar-refractivity contribution in [3.05, 3.63) is 42.2 Å². The van der Waals surface area contributed by atoms with E-state index in [-0.39, 0.29) is 12.0 Å². The van der Waals surface area contributed by atoms with Gasteiger partial charge in [0.25, 0.3) is 5.91 Å². The maximum absolute atomic E-state index is 12.5. The fraction of sp³-hybridized carbons (Fsp3) is 0.444. The lowest BCUT2D eigenvalue weighted by Crippen LogP contribution is -2.37. The van der Waals surface area contributed by atoms with Crippen LogP contribution < -0.4 is 4.74 Å². The number of hydrogen-bond acceptors (Lipinski definition) is 4. The Morgan fingerprint density at radius 3 is 2.79 bits per heavy atom. The quantitative estimate of drug-likeness (QED) is 0.846. The minimum atomic E-state index is -0.0866. The molecule has 1 aromatic heterocycles. The summed E-state index contributed by atoms with van der Waals surface area (Å²) < 4.78 is 12.5. The van der Waals surface area contributed by atoms with Crippen LogP contribution in [0.2, 0.25) is 0 Å². The van der Waals surface area contributed by atoms with Gasteiger partial charge in [0.15, 0.2) is 5.69 Å². The Bertz CT molecular complexity index is 675. The number of nitrogens with zero attached hydrogens (tertiary/aromatic N) is 3. The number of amides is 1. The first-order valence-corrected chi connectivity index (χ1v) is 8.24. The summed E-state index contributed by atoms with van der Waals surface area (Å²) in [6, 6.07) is 9.28. The smallest absolute Gasteiger partial charge is 0.274 e. The van der Waals surface area contributed by atoms with Gasteiger partial charge in [-0.15, -0.1) is 0 Å². The third-order valence-electron chi connectivity index (χ3n) is 4.24. The Labute approximate surface area is 142 Å². The van der Waals surface area contributed by atoms with E-state index in [1.807, 2.05) is 24.3 Å². The Hall–Kier alpha value is -2.34. The maximum atomic E-state index is 12.5. The molecule has 0 spiro atoms. The van der Waals surface area contributed by atoms with E-state index in [2.05, 4.69) is 5.10 Å². The van der Waals surface area contributed by atoms with Gasteiger partial charge < -0.3 is 14.4 Å². The highest BCUT2D eigenvalue weighted by molar-refractivity contribution is 5.92. The minimum Gasteiger partial charge on any atom is -0.497 e. The fourth-order valence-electron chi connectivity index (χ4n) is 2.85. The zero-order chi connectivity index (χ0) is 16.9. The molecule has 0 radical (unpaired) electrons. The fourth-order valence-corrected chi connectivity index (χ4v) is 2.85. The number of benzene rings is 1. The molecule has 0 unspecified atom stereocenters. The largest absolute Gasteiger partial charge is 0.497 e. The average molecular weight is 329 g/mol. The molecule has 1 aromatic carbocycles. The van der Waals surface area contributed by atoms with Crippen LogP contribution in [-0.4, -0.2) is 54.0 Å². The molecule has 6 heteroatoms. The standard InChI is InChI=1S/C18H23N3O3/c1-20(13-16-5-3-4-12-24-16)18(22)17-10-11-21(19-17)14-6-8-15(23-2)9-7-14/h6-11,16H,3-5,12-13H2,1-2H3/t16-/m1/s1. The molecule has 6 nitrogen and oxygen atoms in total. The molecule has 128 valence electrons. The van der Waals surface area contributed by atoms with Crippen LogP contribution in [0.5, 0.6) is 5.75 Å². The number of aromatic nitrogens is 2. The number of hydrogen-bond donors (Lipinski definition) is 0. The molecular weight excluding hydrogens is 306 g/mol. The number of likely N-dealkylation sites (N-methyl/N-ethyl adjacent to an activating group) is 1. The first-order valence-electron chi connectivity index (χ1n) is 8.24. The Kier molecular flexibility index (Phi) is 5.15. The van der Waals surface area contributed by atoms with Crippen LogP contribution in [-0.2, 0) is 4.74 Å². The molecule has 0 bridgehead atoms. The van der Waals surface area contributed by atoms with Gasteiger partial charge in [0.05, 0.1) is 18.9 Å². The summed E-state index contributed by atoms with van der Waals surface area (Å²) in [7, 11) is 3.43. The molecular formula is C18H23N3O3. The van der Waals surface area contributed by atoms with Crippen molar-refractivity contribution in [1.29, 1.82) is 0 Å². The predicted octanol–water partition coefficient (Wildman–Crippen LogP) is 2.52. The Morgan fingerprint density at radius 1 is 1.33 bits per heavy atom. The van der Waals surface area contributed by atoms with Crippen molar-refractivity contribution in [2.45, 2.75) is 25.4 Å². The lowest BCUT2D eigenvalue weighted by atomic mass is 10.1. The molecule has 3 rings (SSSR count). The van der Waals surface area contributed by atoms with E-state index in [0.717, 1.165) is 30.9 Å². The molecule has 1 saturated heterocycles. The number of carbonyl (C=O) groups excluding carboxylic acids is 1. The molecule has 2 heterocycles. The van der Waals surface area contributed by atoms with Crippen LogP contribution in [0, 0.1) is 0 Å². The molecule has 0 saturated carbocycles. The monoisotopic (exact) mass is 329 g/mol. The molecule has 24 heavy (non-hydrogen) atoms. The highest BCUT2D eigenvalue weighted by atomic mass is 16.5. The van der Waals surface area contributed by atoms with Gasteiger partial charge in [-0.3, -0.25) is 4.79 Å². The van der Waals surface area contributed by atoms with Gasteiger partial charge >= 0.3 is 0 Å². The molecule has 0 aliphatic carbocycles. The van der Waals surface area contributed by atoms with E-state index in [1.54, 1.807) is 36.0 Å². The molecule has 1 atom stereocenters. The molecule has 1 fully saturated rings. The summed E-state index contributed by atoms with van der Waals surface area (Å²) in [4.78, 5) is 14.2. The zero-order valence-corrected chi connectivity index (χ0v) is 14.1. The van der Waals surface area contributed by atoms with Crippen molar-refractivity contribution >= 4 is 5.91 Å². The van der Waals surface area contributed by atoms with Crippen molar-refractivity contribution < 1.29 is 14.3 Å². The maximum Gasteiger partial charge on any atom is 0.274 e. The van der Waals surface area contributed by atoms with Crippen LogP contribution in [0.4, 0.5) is 0 Å². The third kappa shape index (κ3) is 3.76. The van der Waals surface area contributed by atoms with Gasteiger partial charge in [0, 0.05) is 26.4 Å². The zero-order valence-electron chi connectivity index (χ0n) is 14.1. The van der Waals surface area contributed by atoms with Crippen molar-refractivity contribution in [3.8, 4) is 11.4 Å². The third-order valence-corrected chi connectivity index (χ3v) is 4.24. The Balaban J connectivity index is 1.65. The van der Waals surface area contributed by atoms with Crippen LogP contribution in [0.1, 0.15) is 29.8 Å². The first kappa shape index (κ1) is 16.5. The average Bonchev–Trinajstić information content (AvgIpc) is 3.12. The van der Waals surface area contributed by atoms with E-state index in [1.165, 1.54) is 6.42 Å². The second-order valence-corrected chi connectivity index (χ2v) is 6.02. The SMILES string of the molecule is COc1ccc(-n2ccc(C(=O)N(C)C[C@H]3CCCCO3)n2)cc1. The van der Waals surface area contributed by atoms with Gasteiger partial charge in [-0.1, -0.05) is 0 Å². The topological polar surface area (TPSA) is 56.6 Å². The summed E-state index contributed by atoms with van der Waals surface area (Å²) in [6.07, 6.45) is 5.22. The highest BCUT2D eigenvalue weighted by Crippen LogP contribution is 2.16. The Morgan fingerprint density at radius 2 is 2.12 bits per heavy atom. The lowest BCUT2D eigenvalue weighted by molar-refractivity contribution is -0.000297. The van der Waals surface area contributed by atoms with Gasteiger partial charge in [-0.05, 0) is 49.6 Å². The van der Waals surface area contributed by atoms with E-state index in [9.17, 15) is 4.79 Å². The van der Waals surface area contributed by atoms with Crippen molar-refractivity contribution in [3.63, 3.8) is 0 Å². The number of ether oxygens (including phenoxy) is 2. The number of methoxy groups -OCH3 is 1. The van der Waals surface area contributed by atoms with Crippen LogP contribution in [0.25, 0.3) is 5.69 Å². The second kappa shape index (κ2) is 7.49. The van der Waals surface area contributed by atoms with Crippen molar-refractivity contribution in [1.82, 2.24) is 14.7 Å². The summed E-state index contributed by atoms with van der Waals surface area (Å²) in [5, 5.41) is 4.39. The van der Waals surface area contributed by atoms with Crippen LogP contribution in [0.15, 0.2) is 36.5 Å². The van der Waals surface area contributed by atoms with Crippen LogP contribution in [0.3, 0.4) is 0 Å².